The third kappa shape index (κ3) is 5.13. The predicted octanol–water partition coefficient (Wildman–Crippen LogP) is 4.53. The topological polar surface area (TPSA) is 121 Å². The van der Waals surface area contributed by atoms with Crippen LogP contribution in [0.1, 0.15) is 21.5 Å². The Bertz CT molecular complexity index is 1570. The number of pyridine rings is 1. The van der Waals surface area contributed by atoms with E-state index < -0.39 is 0 Å². The third-order valence-corrected chi connectivity index (χ3v) is 6.42. The van der Waals surface area contributed by atoms with Gasteiger partial charge in [0.1, 0.15) is 11.3 Å². The number of imidazole rings is 1. The van der Waals surface area contributed by atoms with Crippen LogP contribution in [-0.2, 0) is 11.3 Å². The Morgan fingerprint density at radius 1 is 1.13 bits per heavy atom. The molecule has 38 heavy (non-hydrogen) atoms. The fraction of sp³-hybridized carbons (Fsp3) is 0.214. The van der Waals surface area contributed by atoms with E-state index in [0.717, 1.165) is 49.4 Å². The molecule has 0 spiro atoms. The molecule has 5 aromatic rings. The van der Waals surface area contributed by atoms with E-state index in [1.165, 1.54) is 5.56 Å². The summed E-state index contributed by atoms with van der Waals surface area (Å²) in [5, 5.41) is 10.1. The second-order valence-corrected chi connectivity index (χ2v) is 9.20. The summed E-state index contributed by atoms with van der Waals surface area (Å²) in [7, 11) is 0. The molecular formula is C28H27N7O3. The van der Waals surface area contributed by atoms with Crippen LogP contribution in [0.5, 0.6) is 11.6 Å². The highest BCUT2D eigenvalue weighted by molar-refractivity contribution is 6.07. The number of nitrogens with one attached hydrogen (secondary N) is 3. The van der Waals surface area contributed by atoms with Gasteiger partial charge in [-0.15, -0.1) is 0 Å². The van der Waals surface area contributed by atoms with Crippen molar-refractivity contribution in [1.29, 1.82) is 0 Å². The number of aromatic amines is 2. The smallest absolute Gasteiger partial charge is 0.261 e. The molecule has 6 rings (SSSR count). The van der Waals surface area contributed by atoms with Crippen LogP contribution in [0.15, 0.2) is 67.0 Å². The first-order chi connectivity index (χ1) is 18.6. The van der Waals surface area contributed by atoms with E-state index in [1.807, 2.05) is 37.3 Å². The van der Waals surface area contributed by atoms with Gasteiger partial charge in [-0.25, -0.2) is 9.97 Å². The molecule has 3 aromatic heterocycles. The first-order valence-electron chi connectivity index (χ1n) is 12.5. The van der Waals surface area contributed by atoms with Crippen molar-refractivity contribution in [2.75, 3.05) is 31.6 Å². The number of benzene rings is 2. The van der Waals surface area contributed by atoms with E-state index in [2.05, 4.69) is 42.5 Å². The number of carbonyl (C=O) groups excluding carboxylic acids is 1. The maximum atomic E-state index is 13.2. The Hall–Kier alpha value is -4.54. The standard InChI is InChI=1S/C28H27N7O3/c1-18-4-7-20(8-5-18)38-28-21(3-2-10-29-28)27(36)33-24-16-30-34-25(24)26-31-22-9-6-19(15-23(22)32-26)17-35-11-13-37-14-12-35/h2-10,15-16H,11-14,17H2,1H3,(H,30,34)(H,31,32)(H,33,36). The molecule has 0 bridgehead atoms. The van der Waals surface area contributed by atoms with E-state index >= 15 is 0 Å². The summed E-state index contributed by atoms with van der Waals surface area (Å²) in [4.78, 5) is 28.0. The Morgan fingerprint density at radius 3 is 2.82 bits per heavy atom. The van der Waals surface area contributed by atoms with E-state index in [4.69, 9.17) is 14.5 Å². The number of aryl methyl sites for hydroxylation is 1. The van der Waals surface area contributed by atoms with E-state index in [-0.39, 0.29) is 11.8 Å². The Morgan fingerprint density at radius 2 is 1.97 bits per heavy atom. The lowest BCUT2D eigenvalue weighted by Gasteiger charge is -2.26. The number of aromatic nitrogens is 5. The number of H-pyrrole nitrogens is 2. The highest BCUT2D eigenvalue weighted by atomic mass is 16.5. The van der Waals surface area contributed by atoms with Crippen LogP contribution in [0, 0.1) is 6.92 Å². The highest BCUT2D eigenvalue weighted by Crippen LogP contribution is 2.28. The number of ether oxygens (including phenoxy) is 2. The molecule has 192 valence electrons. The molecule has 0 saturated carbocycles. The van der Waals surface area contributed by atoms with E-state index in [1.54, 1.807) is 24.5 Å². The normalized spacial score (nSPS) is 14.0. The summed E-state index contributed by atoms with van der Waals surface area (Å²) in [5.74, 6) is 1.01. The van der Waals surface area contributed by atoms with Gasteiger partial charge in [0.2, 0.25) is 5.88 Å². The molecule has 0 radical (unpaired) electrons. The molecule has 0 unspecified atom stereocenters. The number of amides is 1. The number of carbonyl (C=O) groups is 1. The number of hydrogen-bond acceptors (Lipinski definition) is 7. The fourth-order valence-electron chi connectivity index (χ4n) is 4.40. The van der Waals surface area contributed by atoms with Crippen molar-refractivity contribution >= 4 is 22.6 Å². The molecular weight excluding hydrogens is 482 g/mol. The molecule has 1 aliphatic rings. The zero-order valence-corrected chi connectivity index (χ0v) is 20.9. The summed E-state index contributed by atoms with van der Waals surface area (Å²) in [6.45, 7) is 6.23. The monoisotopic (exact) mass is 509 g/mol. The molecule has 10 nitrogen and oxygen atoms in total. The van der Waals surface area contributed by atoms with Crippen LogP contribution in [-0.4, -0.2) is 62.3 Å². The third-order valence-electron chi connectivity index (χ3n) is 6.42. The van der Waals surface area contributed by atoms with Crippen LogP contribution in [0.4, 0.5) is 5.69 Å². The Kier molecular flexibility index (Phi) is 6.55. The van der Waals surface area contributed by atoms with Crippen LogP contribution in [0.2, 0.25) is 0 Å². The van der Waals surface area contributed by atoms with Crippen molar-refractivity contribution in [1.82, 2.24) is 30.0 Å². The minimum atomic E-state index is -0.369. The number of rotatable bonds is 7. The summed E-state index contributed by atoms with van der Waals surface area (Å²) >= 11 is 0. The van der Waals surface area contributed by atoms with Gasteiger partial charge in [0.25, 0.3) is 5.91 Å². The van der Waals surface area contributed by atoms with E-state index in [9.17, 15) is 4.79 Å². The molecule has 3 N–H and O–H groups in total. The van der Waals surface area contributed by atoms with Crippen molar-refractivity contribution < 1.29 is 14.3 Å². The first-order valence-corrected chi connectivity index (χ1v) is 12.5. The molecule has 1 fully saturated rings. The molecule has 2 aromatic carbocycles. The first kappa shape index (κ1) is 23.8. The summed E-state index contributed by atoms with van der Waals surface area (Å²) < 4.78 is 11.3. The van der Waals surface area contributed by atoms with Gasteiger partial charge in [-0.05, 0) is 48.9 Å². The van der Waals surface area contributed by atoms with Gasteiger partial charge in [0.15, 0.2) is 11.5 Å². The van der Waals surface area contributed by atoms with Crippen molar-refractivity contribution in [3.05, 3.63) is 83.7 Å². The van der Waals surface area contributed by atoms with Crippen LogP contribution < -0.4 is 10.1 Å². The average Bonchev–Trinajstić information content (AvgIpc) is 3.57. The van der Waals surface area contributed by atoms with Gasteiger partial charge in [0.05, 0.1) is 29.9 Å². The lowest BCUT2D eigenvalue weighted by molar-refractivity contribution is 0.0342. The fourth-order valence-corrected chi connectivity index (χ4v) is 4.40. The van der Waals surface area contributed by atoms with Crippen LogP contribution in [0.25, 0.3) is 22.6 Å². The zero-order chi connectivity index (χ0) is 25.9. The number of fused-ring (bicyclic) bond motifs is 1. The lowest BCUT2D eigenvalue weighted by Crippen LogP contribution is -2.35. The van der Waals surface area contributed by atoms with Crippen LogP contribution >= 0.6 is 0 Å². The number of hydrogen-bond donors (Lipinski definition) is 3. The summed E-state index contributed by atoms with van der Waals surface area (Å²) in [6, 6.07) is 17.1. The van der Waals surface area contributed by atoms with Gasteiger partial charge in [-0.3, -0.25) is 14.8 Å². The minimum absolute atomic E-state index is 0.218. The molecule has 0 aliphatic carbocycles. The highest BCUT2D eigenvalue weighted by Gasteiger charge is 2.20. The quantitative estimate of drug-likeness (QED) is 0.295. The maximum Gasteiger partial charge on any atom is 0.261 e. The average molecular weight is 510 g/mol. The van der Waals surface area contributed by atoms with Gasteiger partial charge >= 0.3 is 0 Å². The van der Waals surface area contributed by atoms with Crippen molar-refractivity contribution in [3.63, 3.8) is 0 Å². The number of nitrogens with zero attached hydrogens (tertiary/aromatic N) is 4. The van der Waals surface area contributed by atoms with Crippen LogP contribution in [0.3, 0.4) is 0 Å². The second-order valence-electron chi connectivity index (χ2n) is 9.20. The number of anilines is 1. The van der Waals surface area contributed by atoms with Gasteiger partial charge in [0, 0.05) is 32.0 Å². The minimum Gasteiger partial charge on any atom is -0.438 e. The predicted molar refractivity (Wildman–Crippen MR) is 143 cm³/mol. The molecule has 10 heteroatoms. The largest absolute Gasteiger partial charge is 0.438 e. The molecule has 4 heterocycles. The Balaban J connectivity index is 1.21. The summed E-state index contributed by atoms with van der Waals surface area (Å²) in [5.41, 5.74) is 5.34. The molecule has 1 aliphatic heterocycles. The SMILES string of the molecule is Cc1ccc(Oc2ncccc2C(=O)Nc2c[nH]nc2-c2nc3cc(CN4CCOCC4)ccc3[nH]2)cc1. The second kappa shape index (κ2) is 10.4. The van der Waals surface area contributed by atoms with Gasteiger partial charge in [-0.2, -0.15) is 5.10 Å². The maximum absolute atomic E-state index is 13.2. The van der Waals surface area contributed by atoms with Crippen molar-refractivity contribution in [3.8, 4) is 23.1 Å². The van der Waals surface area contributed by atoms with E-state index in [0.29, 0.717) is 28.5 Å². The van der Waals surface area contributed by atoms with Crippen molar-refractivity contribution in [2.45, 2.75) is 13.5 Å². The van der Waals surface area contributed by atoms with Crippen molar-refractivity contribution in [2.24, 2.45) is 0 Å². The molecule has 0 atom stereocenters. The molecule has 1 saturated heterocycles. The van der Waals surface area contributed by atoms with Gasteiger partial charge < -0.3 is 19.8 Å². The number of morpholine rings is 1. The lowest BCUT2D eigenvalue weighted by atomic mass is 10.2. The Labute approximate surface area is 219 Å². The van der Waals surface area contributed by atoms with Gasteiger partial charge in [-0.1, -0.05) is 23.8 Å². The zero-order valence-electron chi connectivity index (χ0n) is 20.9. The summed E-state index contributed by atoms with van der Waals surface area (Å²) in [6.07, 6.45) is 3.21. The molecule has 1 amide bonds.